The van der Waals surface area contributed by atoms with E-state index in [-0.39, 0.29) is 0 Å². The maximum Gasteiger partial charge on any atom is 0.0273 e. The summed E-state index contributed by atoms with van der Waals surface area (Å²) in [6.07, 6.45) is 3.90. The van der Waals surface area contributed by atoms with Crippen LogP contribution in [0.4, 0.5) is 0 Å². The van der Waals surface area contributed by atoms with Gasteiger partial charge in [-0.3, -0.25) is 0 Å². The van der Waals surface area contributed by atoms with Crippen LogP contribution in [0.25, 0.3) is 5.57 Å². The van der Waals surface area contributed by atoms with E-state index in [4.69, 9.17) is 11.1 Å². The average Bonchev–Trinajstić information content (AvgIpc) is 2.99. The van der Waals surface area contributed by atoms with Crippen LogP contribution in [0.15, 0.2) is 30.0 Å². The van der Waals surface area contributed by atoms with E-state index >= 15 is 0 Å². The minimum atomic E-state index is 0.408. The Morgan fingerprint density at radius 2 is 1.88 bits per heavy atom. The van der Waals surface area contributed by atoms with E-state index < -0.39 is 0 Å². The molecule has 0 unspecified atom stereocenters. The molecule has 0 saturated heterocycles. The van der Waals surface area contributed by atoms with E-state index in [1.54, 1.807) is 0 Å². The Balaban J connectivity index is 2.32. The SMILES string of the molecule is C/C(N)=C(\C=N)c1ccc(C2(C)CC2)cc1. The molecule has 0 bridgehead atoms. The lowest BCUT2D eigenvalue weighted by Gasteiger charge is -2.10. The Morgan fingerprint density at radius 3 is 2.25 bits per heavy atom. The van der Waals surface area contributed by atoms with Gasteiger partial charge in [-0.1, -0.05) is 31.2 Å². The molecule has 3 N–H and O–H groups in total. The van der Waals surface area contributed by atoms with Crippen LogP contribution in [-0.2, 0) is 5.41 Å². The Hall–Kier alpha value is -1.57. The molecular formula is C14H18N2. The number of benzene rings is 1. The first-order valence-corrected chi connectivity index (χ1v) is 5.64. The zero-order valence-electron chi connectivity index (χ0n) is 9.88. The highest BCUT2D eigenvalue weighted by atomic mass is 14.6. The van der Waals surface area contributed by atoms with Gasteiger partial charge in [-0.2, -0.15) is 0 Å². The fraction of sp³-hybridized carbons (Fsp3) is 0.357. The molecule has 0 amide bonds. The van der Waals surface area contributed by atoms with Gasteiger partial charge < -0.3 is 11.1 Å². The Labute approximate surface area is 96.7 Å². The molecular weight excluding hydrogens is 196 g/mol. The predicted molar refractivity (Wildman–Crippen MR) is 68.6 cm³/mol. The molecule has 16 heavy (non-hydrogen) atoms. The first-order chi connectivity index (χ1) is 7.57. The normalized spacial score (nSPS) is 18.9. The summed E-state index contributed by atoms with van der Waals surface area (Å²) in [7, 11) is 0. The number of allylic oxidation sites excluding steroid dienone is 2. The van der Waals surface area contributed by atoms with Gasteiger partial charge >= 0.3 is 0 Å². The number of nitrogens with one attached hydrogen (secondary N) is 1. The van der Waals surface area contributed by atoms with Crippen molar-refractivity contribution in [2.75, 3.05) is 0 Å². The van der Waals surface area contributed by atoms with Crippen molar-refractivity contribution in [1.29, 1.82) is 5.41 Å². The topological polar surface area (TPSA) is 49.9 Å². The van der Waals surface area contributed by atoms with E-state index in [1.807, 2.05) is 6.92 Å². The maximum absolute atomic E-state index is 7.35. The van der Waals surface area contributed by atoms with Crippen molar-refractivity contribution < 1.29 is 0 Å². The van der Waals surface area contributed by atoms with Gasteiger partial charge in [0.1, 0.15) is 0 Å². The fourth-order valence-corrected chi connectivity index (χ4v) is 1.95. The summed E-state index contributed by atoms with van der Waals surface area (Å²) in [5.74, 6) is 0. The van der Waals surface area contributed by atoms with Gasteiger partial charge in [-0.15, -0.1) is 0 Å². The van der Waals surface area contributed by atoms with Gasteiger partial charge in [0.05, 0.1) is 0 Å². The van der Waals surface area contributed by atoms with Crippen molar-refractivity contribution in [2.45, 2.75) is 32.1 Å². The lowest BCUT2D eigenvalue weighted by molar-refractivity contribution is 0.788. The summed E-state index contributed by atoms with van der Waals surface area (Å²) >= 11 is 0. The van der Waals surface area contributed by atoms with Crippen molar-refractivity contribution >= 4 is 11.8 Å². The fourth-order valence-electron chi connectivity index (χ4n) is 1.95. The summed E-state index contributed by atoms with van der Waals surface area (Å²) < 4.78 is 0. The van der Waals surface area contributed by atoms with Crippen molar-refractivity contribution in [3.05, 3.63) is 41.1 Å². The van der Waals surface area contributed by atoms with Crippen LogP contribution in [0, 0.1) is 5.41 Å². The molecule has 2 nitrogen and oxygen atoms in total. The Bertz CT molecular complexity index is 432. The smallest absolute Gasteiger partial charge is 0.0273 e. The van der Waals surface area contributed by atoms with E-state index in [1.165, 1.54) is 24.6 Å². The quantitative estimate of drug-likeness (QED) is 0.746. The summed E-state index contributed by atoms with van der Waals surface area (Å²) in [5.41, 5.74) is 10.1. The number of hydrogen-bond acceptors (Lipinski definition) is 2. The molecule has 1 aromatic carbocycles. The van der Waals surface area contributed by atoms with Crippen molar-refractivity contribution in [3.63, 3.8) is 0 Å². The van der Waals surface area contributed by atoms with Crippen LogP contribution in [0.1, 0.15) is 37.8 Å². The van der Waals surface area contributed by atoms with E-state index in [0.29, 0.717) is 11.1 Å². The maximum atomic E-state index is 7.35. The largest absolute Gasteiger partial charge is 0.402 e. The second-order valence-corrected chi connectivity index (χ2v) is 4.88. The number of rotatable bonds is 3. The Kier molecular flexibility index (Phi) is 2.58. The molecule has 1 aliphatic carbocycles. The molecule has 0 heterocycles. The lowest BCUT2D eigenvalue weighted by Crippen LogP contribution is -2.01. The van der Waals surface area contributed by atoms with Crippen molar-refractivity contribution in [2.24, 2.45) is 5.73 Å². The van der Waals surface area contributed by atoms with Crippen LogP contribution in [0.3, 0.4) is 0 Å². The van der Waals surface area contributed by atoms with Crippen molar-refractivity contribution in [1.82, 2.24) is 0 Å². The monoisotopic (exact) mass is 214 g/mol. The van der Waals surface area contributed by atoms with Crippen LogP contribution in [0.2, 0.25) is 0 Å². The van der Waals surface area contributed by atoms with Gasteiger partial charge in [0.2, 0.25) is 0 Å². The minimum absolute atomic E-state index is 0.408. The molecule has 0 radical (unpaired) electrons. The average molecular weight is 214 g/mol. The third-order valence-corrected chi connectivity index (χ3v) is 3.46. The van der Waals surface area contributed by atoms with Gasteiger partial charge in [-0.05, 0) is 36.3 Å². The molecule has 84 valence electrons. The first-order valence-electron chi connectivity index (χ1n) is 5.64. The third-order valence-electron chi connectivity index (χ3n) is 3.46. The second kappa shape index (κ2) is 3.78. The van der Waals surface area contributed by atoms with E-state index in [9.17, 15) is 0 Å². The van der Waals surface area contributed by atoms with Crippen LogP contribution in [-0.4, -0.2) is 6.21 Å². The Morgan fingerprint density at radius 1 is 1.31 bits per heavy atom. The van der Waals surface area contributed by atoms with Gasteiger partial charge in [-0.25, -0.2) is 0 Å². The second-order valence-electron chi connectivity index (χ2n) is 4.88. The molecule has 2 heteroatoms. The standard InChI is InChI=1S/C14H18N2/c1-10(16)13(9-15)11-3-5-12(6-4-11)14(2)7-8-14/h3-6,9,15H,7-8,16H2,1-2H3/b13-10-,15-9?. The summed E-state index contributed by atoms with van der Waals surface area (Å²) in [4.78, 5) is 0. The third kappa shape index (κ3) is 1.87. The highest BCUT2D eigenvalue weighted by Gasteiger charge is 2.38. The van der Waals surface area contributed by atoms with Crippen LogP contribution in [0.5, 0.6) is 0 Å². The zero-order chi connectivity index (χ0) is 11.8. The predicted octanol–water partition coefficient (Wildman–Crippen LogP) is 3.08. The highest BCUT2D eigenvalue weighted by Crippen LogP contribution is 2.47. The molecule has 0 aromatic heterocycles. The van der Waals surface area contributed by atoms with Crippen LogP contribution < -0.4 is 5.73 Å². The molecule has 0 atom stereocenters. The van der Waals surface area contributed by atoms with Gasteiger partial charge in [0.15, 0.2) is 0 Å². The van der Waals surface area contributed by atoms with E-state index in [0.717, 1.165) is 11.1 Å². The summed E-state index contributed by atoms with van der Waals surface area (Å²) in [5, 5.41) is 7.35. The van der Waals surface area contributed by atoms with Gasteiger partial charge in [0.25, 0.3) is 0 Å². The van der Waals surface area contributed by atoms with Crippen molar-refractivity contribution in [3.8, 4) is 0 Å². The van der Waals surface area contributed by atoms with Crippen LogP contribution >= 0.6 is 0 Å². The van der Waals surface area contributed by atoms with Gasteiger partial charge in [0, 0.05) is 17.5 Å². The molecule has 2 rings (SSSR count). The molecule has 0 aliphatic heterocycles. The molecule has 0 spiro atoms. The molecule has 1 aromatic rings. The zero-order valence-corrected chi connectivity index (χ0v) is 9.88. The minimum Gasteiger partial charge on any atom is -0.402 e. The molecule has 1 saturated carbocycles. The van der Waals surface area contributed by atoms with E-state index in [2.05, 4.69) is 31.2 Å². The molecule has 1 fully saturated rings. The summed E-state index contributed by atoms with van der Waals surface area (Å²) in [6, 6.07) is 8.45. The first kappa shape index (κ1) is 10.9. The molecule has 1 aliphatic rings. The highest BCUT2D eigenvalue weighted by molar-refractivity contribution is 6.09. The summed E-state index contributed by atoms with van der Waals surface area (Å²) in [6.45, 7) is 4.13. The lowest BCUT2D eigenvalue weighted by atomic mass is 9.95. The number of nitrogens with two attached hydrogens (primary N) is 1. The number of hydrogen-bond donors (Lipinski definition) is 2.